The average Bonchev–Trinajstić information content (AvgIpc) is 3.35. The highest BCUT2D eigenvalue weighted by Gasteiger charge is 2.34. The molecule has 1 N–H and O–H groups in total. The second kappa shape index (κ2) is 12.0. The van der Waals surface area contributed by atoms with E-state index in [0.29, 0.717) is 34.6 Å². The topological polar surface area (TPSA) is 113 Å². The molecule has 6 rings (SSSR count). The fourth-order valence-corrected chi connectivity index (χ4v) is 6.29. The van der Waals surface area contributed by atoms with E-state index in [1.165, 1.54) is 6.20 Å². The zero-order valence-corrected chi connectivity index (χ0v) is 26.0. The van der Waals surface area contributed by atoms with E-state index in [2.05, 4.69) is 19.8 Å². The molecule has 2 saturated heterocycles. The Balaban J connectivity index is 1.37. The lowest BCUT2D eigenvalue weighted by molar-refractivity contribution is 0.0695. The average molecular weight is 617 g/mol. The van der Waals surface area contributed by atoms with E-state index < -0.39 is 22.8 Å². The number of hydrogen-bond donors (Lipinski definition) is 1. The standard InChI is InChI=1S/C33H37FN6O5/c1-19-6-7-22(18-45-32-20(2)29(44-5)10-11-35-32)40(19)28-13-27-24(12-26(28)34)31(41)25(33(42)43)17-39(27)21-8-9-30(36-14-21)38-15-23(16-38)37(3)4/h8-14,17,19,22-23H,6-7,15-16,18H2,1-5H3,(H,42,43)/t19-,22-/m1/s1. The van der Waals surface area contributed by atoms with Crippen molar-refractivity contribution in [2.24, 2.45) is 0 Å². The molecule has 0 spiro atoms. The van der Waals surface area contributed by atoms with Crippen molar-refractivity contribution in [1.29, 1.82) is 0 Å². The van der Waals surface area contributed by atoms with Crippen molar-refractivity contribution in [3.63, 3.8) is 0 Å². The van der Waals surface area contributed by atoms with Crippen LogP contribution in [0.15, 0.2) is 53.7 Å². The molecule has 236 valence electrons. The van der Waals surface area contributed by atoms with Crippen molar-refractivity contribution in [3.8, 4) is 17.3 Å². The zero-order chi connectivity index (χ0) is 32.0. The number of rotatable bonds is 9. The Kier molecular flexibility index (Phi) is 8.08. The van der Waals surface area contributed by atoms with Crippen LogP contribution >= 0.6 is 0 Å². The summed E-state index contributed by atoms with van der Waals surface area (Å²) in [4.78, 5) is 40.6. The predicted molar refractivity (Wildman–Crippen MR) is 170 cm³/mol. The van der Waals surface area contributed by atoms with Crippen molar-refractivity contribution in [1.82, 2.24) is 19.4 Å². The summed E-state index contributed by atoms with van der Waals surface area (Å²) in [5.41, 5.74) is 0.843. The van der Waals surface area contributed by atoms with Gasteiger partial charge in [0.15, 0.2) is 0 Å². The largest absolute Gasteiger partial charge is 0.496 e. The van der Waals surface area contributed by atoms with Gasteiger partial charge in [0.05, 0.1) is 41.8 Å². The molecule has 0 saturated carbocycles. The minimum atomic E-state index is -1.38. The van der Waals surface area contributed by atoms with E-state index in [1.54, 1.807) is 36.2 Å². The Bertz CT molecular complexity index is 1800. The summed E-state index contributed by atoms with van der Waals surface area (Å²) in [5, 5.41) is 9.80. The second-order valence-electron chi connectivity index (χ2n) is 12.0. The number of carboxylic acid groups (broad SMARTS) is 1. The van der Waals surface area contributed by atoms with Crippen LogP contribution in [0, 0.1) is 12.7 Å². The lowest BCUT2D eigenvalue weighted by atomic mass is 10.1. The molecule has 12 heteroatoms. The second-order valence-corrected chi connectivity index (χ2v) is 12.0. The SMILES string of the molecule is COc1ccnc(OC[C@H]2CC[C@@H](C)N2c2cc3c(cc2F)c(=O)c(C(=O)O)cn3-c2ccc(N3CC(N(C)C)C3)nc2)c1C. The van der Waals surface area contributed by atoms with Gasteiger partial charge in [0.25, 0.3) is 0 Å². The van der Waals surface area contributed by atoms with Crippen LogP contribution in [0.1, 0.15) is 35.7 Å². The molecule has 2 atom stereocenters. The van der Waals surface area contributed by atoms with E-state index in [-0.39, 0.29) is 24.1 Å². The third kappa shape index (κ3) is 5.54. The fraction of sp³-hybridized carbons (Fsp3) is 0.394. The molecule has 4 aromatic rings. The first-order chi connectivity index (χ1) is 21.6. The number of ether oxygens (including phenoxy) is 2. The van der Waals surface area contributed by atoms with Gasteiger partial charge in [-0.15, -0.1) is 0 Å². The number of carboxylic acids is 1. The maximum absolute atomic E-state index is 15.9. The van der Waals surface area contributed by atoms with E-state index in [9.17, 15) is 14.7 Å². The highest BCUT2D eigenvalue weighted by atomic mass is 19.1. The quantitative estimate of drug-likeness (QED) is 0.295. The highest BCUT2D eigenvalue weighted by Crippen LogP contribution is 2.36. The summed E-state index contributed by atoms with van der Waals surface area (Å²) in [6, 6.07) is 8.54. The van der Waals surface area contributed by atoms with Crippen LogP contribution in [-0.2, 0) is 0 Å². The Morgan fingerprint density at radius 2 is 1.93 bits per heavy atom. The van der Waals surface area contributed by atoms with E-state index in [1.807, 2.05) is 45.0 Å². The van der Waals surface area contributed by atoms with Crippen LogP contribution in [0.3, 0.4) is 0 Å². The van der Waals surface area contributed by atoms with E-state index in [0.717, 1.165) is 43.4 Å². The molecule has 0 unspecified atom stereocenters. The number of aromatic carboxylic acids is 1. The van der Waals surface area contributed by atoms with Crippen LogP contribution < -0.4 is 24.7 Å². The number of halogens is 1. The van der Waals surface area contributed by atoms with Gasteiger partial charge in [-0.1, -0.05) is 0 Å². The number of likely N-dealkylation sites (N-methyl/N-ethyl adjacent to an activating group) is 1. The number of pyridine rings is 3. The number of fused-ring (bicyclic) bond motifs is 1. The molecule has 1 aromatic carbocycles. The number of benzene rings is 1. The van der Waals surface area contributed by atoms with Gasteiger partial charge in [0, 0.05) is 43.0 Å². The summed E-state index contributed by atoms with van der Waals surface area (Å²) in [6.45, 7) is 5.88. The Labute approximate surface area is 260 Å². The van der Waals surface area contributed by atoms with Gasteiger partial charge in [-0.25, -0.2) is 19.2 Å². The maximum atomic E-state index is 15.9. The van der Waals surface area contributed by atoms with Gasteiger partial charge in [-0.2, -0.15) is 0 Å². The normalized spacial score (nSPS) is 18.5. The van der Waals surface area contributed by atoms with E-state index in [4.69, 9.17) is 9.47 Å². The fourth-order valence-electron chi connectivity index (χ4n) is 6.29. The minimum Gasteiger partial charge on any atom is -0.496 e. The zero-order valence-electron chi connectivity index (χ0n) is 26.0. The van der Waals surface area contributed by atoms with Crippen molar-refractivity contribution in [2.45, 2.75) is 44.8 Å². The van der Waals surface area contributed by atoms with Gasteiger partial charge >= 0.3 is 5.97 Å². The smallest absolute Gasteiger partial charge is 0.341 e. The van der Waals surface area contributed by atoms with Gasteiger partial charge in [0.1, 0.15) is 29.6 Å². The van der Waals surface area contributed by atoms with Gasteiger partial charge in [-0.05, 0) is 71.1 Å². The third-order valence-electron chi connectivity index (χ3n) is 9.03. The monoisotopic (exact) mass is 616 g/mol. The Morgan fingerprint density at radius 3 is 2.60 bits per heavy atom. The molecular weight excluding hydrogens is 579 g/mol. The van der Waals surface area contributed by atoms with Crippen LogP contribution in [0.4, 0.5) is 15.9 Å². The molecular formula is C33H37FN6O5. The first kappa shape index (κ1) is 30.3. The number of aromatic nitrogens is 3. The molecule has 5 heterocycles. The molecule has 45 heavy (non-hydrogen) atoms. The number of anilines is 2. The first-order valence-electron chi connectivity index (χ1n) is 15.0. The van der Waals surface area contributed by atoms with Gasteiger partial charge in [0.2, 0.25) is 11.3 Å². The molecule has 3 aromatic heterocycles. The molecule has 11 nitrogen and oxygen atoms in total. The first-order valence-corrected chi connectivity index (χ1v) is 15.0. The predicted octanol–water partition coefficient (Wildman–Crippen LogP) is 4.12. The summed E-state index contributed by atoms with van der Waals surface area (Å²) in [5.74, 6) is -0.0612. The molecule has 0 radical (unpaired) electrons. The molecule has 0 aliphatic carbocycles. The molecule has 0 bridgehead atoms. The molecule has 2 aliphatic heterocycles. The van der Waals surface area contributed by atoms with Crippen molar-refractivity contribution >= 4 is 28.4 Å². The lowest BCUT2D eigenvalue weighted by Gasteiger charge is -2.43. The van der Waals surface area contributed by atoms with Crippen molar-refractivity contribution < 1.29 is 23.8 Å². The summed E-state index contributed by atoms with van der Waals surface area (Å²) in [6.07, 6.45) is 6.15. The van der Waals surface area contributed by atoms with Crippen LogP contribution in [0.2, 0.25) is 0 Å². The van der Waals surface area contributed by atoms with Gasteiger partial charge < -0.3 is 33.8 Å². The number of nitrogens with zero attached hydrogens (tertiary/aromatic N) is 6. The van der Waals surface area contributed by atoms with Crippen molar-refractivity contribution in [2.75, 3.05) is 50.7 Å². The number of methoxy groups -OCH3 is 1. The van der Waals surface area contributed by atoms with Crippen LogP contribution in [0.5, 0.6) is 11.6 Å². The van der Waals surface area contributed by atoms with Crippen LogP contribution in [-0.4, -0.2) is 89.5 Å². The third-order valence-corrected chi connectivity index (χ3v) is 9.03. The van der Waals surface area contributed by atoms with Crippen molar-refractivity contribution in [3.05, 3.63) is 76.1 Å². The van der Waals surface area contributed by atoms with Crippen LogP contribution in [0.25, 0.3) is 16.6 Å². The lowest BCUT2D eigenvalue weighted by Crippen LogP contribution is -2.57. The maximum Gasteiger partial charge on any atom is 0.341 e. The van der Waals surface area contributed by atoms with E-state index >= 15 is 4.39 Å². The molecule has 2 fully saturated rings. The minimum absolute atomic E-state index is 0.00755. The summed E-state index contributed by atoms with van der Waals surface area (Å²) in [7, 11) is 5.69. The number of hydrogen-bond acceptors (Lipinski definition) is 9. The summed E-state index contributed by atoms with van der Waals surface area (Å²) >= 11 is 0. The Hall–Kier alpha value is -4.71. The number of carbonyl (C=O) groups is 1. The highest BCUT2D eigenvalue weighted by molar-refractivity contribution is 5.94. The molecule has 0 amide bonds. The summed E-state index contributed by atoms with van der Waals surface area (Å²) < 4.78 is 29.1. The molecule has 2 aliphatic rings. The Morgan fingerprint density at radius 1 is 1.16 bits per heavy atom. The van der Waals surface area contributed by atoms with Gasteiger partial charge in [-0.3, -0.25) is 4.79 Å².